The Morgan fingerprint density at radius 2 is 1.96 bits per heavy atom. The summed E-state index contributed by atoms with van der Waals surface area (Å²) < 4.78 is 10.6. The number of aromatic nitrogens is 1. The van der Waals surface area contributed by atoms with Crippen molar-refractivity contribution in [3.8, 4) is 11.5 Å². The van der Waals surface area contributed by atoms with Gasteiger partial charge in [0.25, 0.3) is 11.8 Å². The Morgan fingerprint density at radius 3 is 2.61 bits per heavy atom. The van der Waals surface area contributed by atoms with Crippen LogP contribution in [0.5, 0.6) is 11.5 Å². The Balaban J connectivity index is 2.18. The maximum Gasteiger partial charge on any atom is 0.270 e. The van der Waals surface area contributed by atoms with Gasteiger partial charge in [-0.25, -0.2) is 4.98 Å². The topological polar surface area (TPSA) is 80.8 Å². The van der Waals surface area contributed by atoms with Gasteiger partial charge in [0.1, 0.15) is 22.2 Å². The first-order chi connectivity index (χ1) is 13.5. The Kier molecular flexibility index (Phi) is 8.25. The molecule has 7 nitrogen and oxygen atoms in total. The van der Waals surface area contributed by atoms with Crippen LogP contribution in [0.1, 0.15) is 52.5 Å². The van der Waals surface area contributed by atoms with Crippen LogP contribution in [0.25, 0.3) is 0 Å². The van der Waals surface area contributed by atoms with Crippen LogP contribution in [0.4, 0.5) is 0 Å². The minimum absolute atomic E-state index is 0.145. The van der Waals surface area contributed by atoms with Crippen molar-refractivity contribution in [1.29, 1.82) is 0 Å². The Hall–Kier alpha value is -2.61. The average molecular weight is 406 g/mol. The number of carbonyl (C=O) groups excluding carboxylic acids is 2. The Morgan fingerprint density at radius 1 is 1.18 bits per heavy atom. The maximum absolute atomic E-state index is 13.1. The summed E-state index contributed by atoms with van der Waals surface area (Å²) in [6, 6.07) is 5.13. The van der Waals surface area contributed by atoms with Crippen LogP contribution in [-0.4, -0.2) is 49.0 Å². The fraction of sp³-hybridized carbons (Fsp3) is 0.450. The van der Waals surface area contributed by atoms with E-state index in [4.69, 9.17) is 9.47 Å². The molecule has 1 N–H and O–H groups in total. The van der Waals surface area contributed by atoms with Crippen LogP contribution in [-0.2, 0) is 6.54 Å². The summed E-state index contributed by atoms with van der Waals surface area (Å²) in [5, 5.41) is 5.25. The van der Waals surface area contributed by atoms with Crippen LogP contribution < -0.4 is 14.8 Å². The Labute approximate surface area is 169 Å². The summed E-state index contributed by atoms with van der Waals surface area (Å²) in [5.41, 5.74) is 0.855. The number of methoxy groups -OCH3 is 2. The molecule has 0 aliphatic carbocycles. The molecule has 0 bridgehead atoms. The van der Waals surface area contributed by atoms with E-state index in [1.54, 1.807) is 35.6 Å². The molecule has 0 saturated heterocycles. The molecule has 2 aromatic rings. The molecule has 1 aromatic heterocycles. The first-order valence-electron chi connectivity index (χ1n) is 9.27. The molecule has 0 fully saturated rings. The van der Waals surface area contributed by atoms with Gasteiger partial charge in [0.15, 0.2) is 0 Å². The second kappa shape index (κ2) is 10.7. The van der Waals surface area contributed by atoms with Crippen molar-refractivity contribution in [3.05, 3.63) is 39.8 Å². The molecule has 0 unspecified atom stereocenters. The SMILES string of the molecule is CCCNC(=O)c1csc(CN(CCC)C(=O)c2ccc(OC)cc2OC)n1. The number of nitrogens with one attached hydrogen (secondary N) is 1. The van der Waals surface area contributed by atoms with E-state index >= 15 is 0 Å². The fourth-order valence-corrected chi connectivity index (χ4v) is 3.44. The van der Waals surface area contributed by atoms with E-state index in [0.29, 0.717) is 42.4 Å². The lowest BCUT2D eigenvalue weighted by molar-refractivity contribution is 0.0739. The van der Waals surface area contributed by atoms with Gasteiger partial charge in [-0.3, -0.25) is 9.59 Å². The lowest BCUT2D eigenvalue weighted by Crippen LogP contribution is -2.31. The molecule has 8 heteroatoms. The highest BCUT2D eigenvalue weighted by Crippen LogP contribution is 2.26. The van der Waals surface area contributed by atoms with Gasteiger partial charge < -0.3 is 19.7 Å². The average Bonchev–Trinajstić information content (AvgIpc) is 3.19. The van der Waals surface area contributed by atoms with Gasteiger partial charge in [-0.05, 0) is 25.0 Å². The molecule has 0 saturated carbocycles. The Bertz CT molecular complexity index is 806. The highest BCUT2D eigenvalue weighted by molar-refractivity contribution is 7.09. The maximum atomic E-state index is 13.1. The van der Waals surface area contributed by atoms with Crippen molar-refractivity contribution < 1.29 is 19.1 Å². The summed E-state index contributed by atoms with van der Waals surface area (Å²) in [4.78, 5) is 31.3. The summed E-state index contributed by atoms with van der Waals surface area (Å²) in [6.45, 7) is 5.54. The van der Waals surface area contributed by atoms with E-state index in [-0.39, 0.29) is 11.8 Å². The highest BCUT2D eigenvalue weighted by Gasteiger charge is 2.21. The van der Waals surface area contributed by atoms with Gasteiger partial charge in [0.05, 0.1) is 26.3 Å². The van der Waals surface area contributed by atoms with Gasteiger partial charge in [0.2, 0.25) is 0 Å². The van der Waals surface area contributed by atoms with E-state index in [1.165, 1.54) is 18.4 Å². The molecule has 0 atom stereocenters. The van der Waals surface area contributed by atoms with Crippen molar-refractivity contribution in [2.75, 3.05) is 27.3 Å². The van der Waals surface area contributed by atoms with Gasteiger partial charge in [0, 0.05) is 24.5 Å². The second-order valence-corrected chi connectivity index (χ2v) is 7.12. The van der Waals surface area contributed by atoms with Crippen LogP contribution in [0.15, 0.2) is 23.6 Å². The summed E-state index contributed by atoms with van der Waals surface area (Å²) in [7, 11) is 3.09. The predicted molar refractivity (Wildman–Crippen MR) is 109 cm³/mol. The van der Waals surface area contributed by atoms with E-state index in [2.05, 4.69) is 10.3 Å². The molecular formula is C20H27N3O4S. The van der Waals surface area contributed by atoms with Gasteiger partial charge in [-0.15, -0.1) is 11.3 Å². The minimum Gasteiger partial charge on any atom is -0.497 e. The fourth-order valence-electron chi connectivity index (χ4n) is 2.65. The van der Waals surface area contributed by atoms with E-state index in [0.717, 1.165) is 17.8 Å². The summed E-state index contributed by atoms with van der Waals surface area (Å²) >= 11 is 1.38. The van der Waals surface area contributed by atoms with E-state index < -0.39 is 0 Å². The molecular weight excluding hydrogens is 378 g/mol. The van der Waals surface area contributed by atoms with Crippen LogP contribution in [0.2, 0.25) is 0 Å². The summed E-state index contributed by atoms with van der Waals surface area (Å²) in [5.74, 6) is 0.755. The standard InChI is InChI=1S/C20H27N3O4S/c1-5-9-21-19(24)16-13-28-18(22-16)12-23(10-6-2)20(25)15-8-7-14(26-3)11-17(15)27-4/h7-8,11,13H,5-6,9-10,12H2,1-4H3,(H,21,24). The smallest absolute Gasteiger partial charge is 0.270 e. The third-order valence-corrected chi connectivity index (χ3v) is 4.90. The lowest BCUT2D eigenvalue weighted by atomic mass is 10.1. The molecule has 0 radical (unpaired) electrons. The highest BCUT2D eigenvalue weighted by atomic mass is 32.1. The number of ether oxygens (including phenoxy) is 2. The first kappa shape index (κ1) is 21.7. The van der Waals surface area contributed by atoms with Crippen LogP contribution >= 0.6 is 11.3 Å². The molecule has 28 heavy (non-hydrogen) atoms. The number of nitrogens with zero attached hydrogens (tertiary/aromatic N) is 2. The molecule has 152 valence electrons. The van der Waals surface area contributed by atoms with Crippen LogP contribution in [0, 0.1) is 0 Å². The molecule has 0 aliphatic rings. The number of hydrogen-bond acceptors (Lipinski definition) is 6. The zero-order valence-corrected chi connectivity index (χ0v) is 17.6. The lowest BCUT2D eigenvalue weighted by Gasteiger charge is -2.22. The first-order valence-corrected chi connectivity index (χ1v) is 10.2. The predicted octanol–water partition coefficient (Wildman–Crippen LogP) is 3.35. The van der Waals surface area contributed by atoms with Crippen molar-refractivity contribution in [3.63, 3.8) is 0 Å². The zero-order chi connectivity index (χ0) is 20.5. The zero-order valence-electron chi connectivity index (χ0n) is 16.8. The summed E-state index contributed by atoms with van der Waals surface area (Å²) in [6.07, 6.45) is 1.67. The van der Waals surface area contributed by atoms with E-state index in [9.17, 15) is 9.59 Å². The van der Waals surface area contributed by atoms with E-state index in [1.807, 2.05) is 13.8 Å². The second-order valence-electron chi connectivity index (χ2n) is 6.18. The van der Waals surface area contributed by atoms with Crippen molar-refractivity contribution in [2.45, 2.75) is 33.2 Å². The van der Waals surface area contributed by atoms with Crippen molar-refractivity contribution >= 4 is 23.2 Å². The number of carbonyl (C=O) groups is 2. The molecule has 2 amide bonds. The minimum atomic E-state index is -0.186. The third kappa shape index (κ3) is 5.45. The molecule has 2 rings (SSSR count). The monoisotopic (exact) mass is 405 g/mol. The van der Waals surface area contributed by atoms with Gasteiger partial charge in [-0.2, -0.15) is 0 Å². The van der Waals surface area contributed by atoms with Crippen LogP contribution in [0.3, 0.4) is 0 Å². The quantitative estimate of drug-likeness (QED) is 0.656. The number of rotatable bonds is 10. The number of hydrogen-bond donors (Lipinski definition) is 1. The molecule has 1 aromatic carbocycles. The number of benzene rings is 1. The van der Waals surface area contributed by atoms with Crippen molar-refractivity contribution in [1.82, 2.24) is 15.2 Å². The molecule has 0 spiro atoms. The molecule has 1 heterocycles. The van der Waals surface area contributed by atoms with Crippen molar-refractivity contribution in [2.24, 2.45) is 0 Å². The van der Waals surface area contributed by atoms with Gasteiger partial charge in [-0.1, -0.05) is 13.8 Å². The van der Waals surface area contributed by atoms with Gasteiger partial charge >= 0.3 is 0 Å². The largest absolute Gasteiger partial charge is 0.497 e. The molecule has 0 aliphatic heterocycles. The third-order valence-electron chi connectivity index (χ3n) is 4.07. The number of amides is 2. The normalized spacial score (nSPS) is 10.4. The number of thiazole rings is 1.